The predicted octanol–water partition coefficient (Wildman–Crippen LogP) is 2.72. The molecule has 21 heavy (non-hydrogen) atoms. The van der Waals surface area contributed by atoms with E-state index in [1.165, 1.54) is 12.8 Å². The van der Waals surface area contributed by atoms with Crippen LogP contribution in [0.1, 0.15) is 25.0 Å². The van der Waals surface area contributed by atoms with Gasteiger partial charge in [0, 0.05) is 30.8 Å². The first-order valence-electron chi connectivity index (χ1n) is 7.75. The van der Waals surface area contributed by atoms with Gasteiger partial charge in [0.05, 0.1) is 11.2 Å². The number of anilines is 1. The van der Waals surface area contributed by atoms with E-state index < -0.39 is 0 Å². The number of benzene rings is 1. The Labute approximate surface area is 125 Å². The van der Waals surface area contributed by atoms with Crippen LogP contribution in [0.4, 0.5) is 5.69 Å². The predicted molar refractivity (Wildman–Crippen MR) is 86.0 cm³/mol. The smallest absolute Gasteiger partial charge is 0.0726 e. The van der Waals surface area contributed by atoms with E-state index in [1.807, 2.05) is 30.3 Å². The van der Waals surface area contributed by atoms with Crippen LogP contribution in [0.15, 0.2) is 30.3 Å². The normalized spacial score (nSPS) is 14.7. The maximum atomic E-state index is 6.07. The van der Waals surface area contributed by atoms with Gasteiger partial charge in [-0.25, -0.2) is 0 Å². The van der Waals surface area contributed by atoms with Gasteiger partial charge in [-0.3, -0.25) is 4.98 Å². The van der Waals surface area contributed by atoms with Crippen molar-refractivity contribution in [3.63, 3.8) is 0 Å². The van der Waals surface area contributed by atoms with Gasteiger partial charge in [0.15, 0.2) is 0 Å². The van der Waals surface area contributed by atoms with Crippen molar-refractivity contribution in [2.75, 3.05) is 25.5 Å². The van der Waals surface area contributed by atoms with Crippen molar-refractivity contribution in [2.24, 2.45) is 5.92 Å². The first-order chi connectivity index (χ1) is 10.3. The molecule has 0 amide bonds. The number of nitrogens with two attached hydrogens (primary N) is 1. The summed E-state index contributed by atoms with van der Waals surface area (Å²) in [4.78, 5) is 4.63. The topological polar surface area (TPSA) is 60.2 Å². The largest absolute Gasteiger partial charge is 0.398 e. The first-order valence-corrected chi connectivity index (χ1v) is 7.75. The second kappa shape index (κ2) is 6.87. The molecule has 3 rings (SSSR count). The van der Waals surface area contributed by atoms with Gasteiger partial charge in [-0.2, -0.15) is 0 Å². The van der Waals surface area contributed by atoms with Crippen molar-refractivity contribution in [3.8, 4) is 0 Å². The maximum absolute atomic E-state index is 6.07. The molecule has 0 radical (unpaired) electrons. The minimum atomic E-state index is 0.748. The number of rotatable bonds is 8. The molecule has 4 heteroatoms. The monoisotopic (exact) mass is 285 g/mol. The van der Waals surface area contributed by atoms with Gasteiger partial charge in [-0.1, -0.05) is 18.2 Å². The summed E-state index contributed by atoms with van der Waals surface area (Å²) in [6.45, 7) is 3.48. The molecule has 1 heterocycles. The van der Waals surface area contributed by atoms with E-state index in [-0.39, 0.29) is 0 Å². The van der Waals surface area contributed by atoms with Crippen LogP contribution in [0.25, 0.3) is 10.9 Å². The van der Waals surface area contributed by atoms with E-state index in [1.54, 1.807) is 0 Å². The third-order valence-corrected chi connectivity index (χ3v) is 3.80. The Morgan fingerprint density at radius 2 is 2.14 bits per heavy atom. The molecule has 0 unspecified atom stereocenters. The van der Waals surface area contributed by atoms with Crippen molar-refractivity contribution in [1.82, 2.24) is 10.3 Å². The van der Waals surface area contributed by atoms with E-state index in [2.05, 4.69) is 10.3 Å². The summed E-state index contributed by atoms with van der Waals surface area (Å²) in [6.07, 6.45) is 3.75. The fourth-order valence-electron chi connectivity index (χ4n) is 2.40. The van der Waals surface area contributed by atoms with Crippen molar-refractivity contribution >= 4 is 16.6 Å². The van der Waals surface area contributed by atoms with Crippen molar-refractivity contribution in [2.45, 2.75) is 25.8 Å². The standard InChI is InChI=1S/C17H23N3O/c18-16-10-14(20-17-5-2-1-4-15(16)17)11-19-8-3-9-21-12-13-6-7-13/h1-2,4-5,10,13,19H,3,6-9,11-12H2,(H2,18,20). The quantitative estimate of drug-likeness (QED) is 0.732. The van der Waals surface area contributed by atoms with E-state index in [0.717, 1.165) is 60.9 Å². The van der Waals surface area contributed by atoms with E-state index in [4.69, 9.17) is 10.5 Å². The summed E-state index contributed by atoms with van der Waals surface area (Å²) < 4.78 is 5.61. The number of nitrogens with one attached hydrogen (secondary N) is 1. The van der Waals surface area contributed by atoms with E-state index >= 15 is 0 Å². The van der Waals surface area contributed by atoms with Gasteiger partial charge >= 0.3 is 0 Å². The molecule has 0 bridgehead atoms. The number of para-hydroxylation sites is 1. The SMILES string of the molecule is Nc1cc(CNCCCOCC2CC2)nc2ccccc12. The molecule has 0 atom stereocenters. The van der Waals surface area contributed by atoms with Crippen LogP contribution in [-0.4, -0.2) is 24.7 Å². The van der Waals surface area contributed by atoms with Gasteiger partial charge in [-0.15, -0.1) is 0 Å². The van der Waals surface area contributed by atoms with Gasteiger partial charge in [-0.05, 0) is 43.9 Å². The minimum Gasteiger partial charge on any atom is -0.398 e. The molecule has 4 nitrogen and oxygen atoms in total. The minimum absolute atomic E-state index is 0.748. The highest BCUT2D eigenvalue weighted by atomic mass is 16.5. The molecule has 1 saturated carbocycles. The van der Waals surface area contributed by atoms with Crippen LogP contribution in [0.2, 0.25) is 0 Å². The zero-order valence-electron chi connectivity index (χ0n) is 12.3. The first kappa shape index (κ1) is 14.3. The lowest BCUT2D eigenvalue weighted by atomic mass is 10.1. The molecule has 1 fully saturated rings. The number of ether oxygens (including phenoxy) is 1. The Morgan fingerprint density at radius 3 is 3.00 bits per heavy atom. The summed E-state index contributed by atoms with van der Waals surface area (Å²) in [6, 6.07) is 9.94. The zero-order chi connectivity index (χ0) is 14.5. The Kier molecular flexibility index (Phi) is 4.68. The number of hydrogen-bond acceptors (Lipinski definition) is 4. The lowest BCUT2D eigenvalue weighted by Gasteiger charge is -2.08. The Morgan fingerprint density at radius 1 is 1.29 bits per heavy atom. The molecule has 1 aliphatic carbocycles. The summed E-state index contributed by atoms with van der Waals surface area (Å²) >= 11 is 0. The number of nitrogen functional groups attached to an aromatic ring is 1. The van der Waals surface area contributed by atoms with Crippen LogP contribution >= 0.6 is 0 Å². The number of fused-ring (bicyclic) bond motifs is 1. The average Bonchev–Trinajstić information content (AvgIpc) is 3.30. The van der Waals surface area contributed by atoms with E-state index in [9.17, 15) is 0 Å². The molecule has 112 valence electrons. The van der Waals surface area contributed by atoms with Crippen molar-refractivity contribution in [1.29, 1.82) is 0 Å². The lowest BCUT2D eigenvalue weighted by Crippen LogP contribution is -2.17. The van der Waals surface area contributed by atoms with Gasteiger partial charge in [0.2, 0.25) is 0 Å². The van der Waals surface area contributed by atoms with Gasteiger partial charge in [0.1, 0.15) is 0 Å². The van der Waals surface area contributed by atoms with Crippen LogP contribution in [-0.2, 0) is 11.3 Å². The number of nitrogens with zero attached hydrogens (tertiary/aromatic N) is 1. The molecule has 3 N–H and O–H groups in total. The summed E-state index contributed by atoms with van der Waals surface area (Å²) in [5, 5.41) is 4.42. The van der Waals surface area contributed by atoms with Gasteiger partial charge < -0.3 is 15.8 Å². The summed E-state index contributed by atoms with van der Waals surface area (Å²) in [5.74, 6) is 0.850. The molecule has 2 aromatic rings. The third-order valence-electron chi connectivity index (χ3n) is 3.80. The van der Waals surface area contributed by atoms with Crippen molar-refractivity contribution < 1.29 is 4.74 Å². The molecule has 1 aromatic heterocycles. The second-order valence-electron chi connectivity index (χ2n) is 5.77. The van der Waals surface area contributed by atoms with Crippen LogP contribution in [0, 0.1) is 5.92 Å². The summed E-state index contributed by atoms with van der Waals surface area (Å²) in [5.41, 5.74) is 8.82. The number of pyridine rings is 1. The fourth-order valence-corrected chi connectivity index (χ4v) is 2.40. The lowest BCUT2D eigenvalue weighted by molar-refractivity contribution is 0.122. The zero-order valence-corrected chi connectivity index (χ0v) is 12.3. The average molecular weight is 285 g/mol. The fraction of sp³-hybridized carbons (Fsp3) is 0.471. The van der Waals surface area contributed by atoms with E-state index in [0.29, 0.717) is 0 Å². The highest BCUT2D eigenvalue weighted by molar-refractivity contribution is 5.90. The van der Waals surface area contributed by atoms with Gasteiger partial charge in [0.25, 0.3) is 0 Å². The number of hydrogen-bond donors (Lipinski definition) is 2. The molecule has 0 saturated heterocycles. The Balaban J connectivity index is 1.42. The molecule has 0 spiro atoms. The molecular formula is C17H23N3O. The van der Waals surface area contributed by atoms with Crippen LogP contribution in [0.5, 0.6) is 0 Å². The molecule has 1 aliphatic rings. The number of aromatic nitrogens is 1. The summed E-state index contributed by atoms with van der Waals surface area (Å²) in [7, 11) is 0. The van der Waals surface area contributed by atoms with Crippen LogP contribution in [0.3, 0.4) is 0 Å². The molecule has 0 aliphatic heterocycles. The van der Waals surface area contributed by atoms with Crippen LogP contribution < -0.4 is 11.1 Å². The maximum Gasteiger partial charge on any atom is 0.0726 e. The Hall–Kier alpha value is -1.65. The third kappa shape index (κ3) is 4.16. The van der Waals surface area contributed by atoms with Crippen molar-refractivity contribution in [3.05, 3.63) is 36.0 Å². The molecular weight excluding hydrogens is 262 g/mol. The second-order valence-corrected chi connectivity index (χ2v) is 5.77. The highest BCUT2D eigenvalue weighted by Gasteiger charge is 2.20. The highest BCUT2D eigenvalue weighted by Crippen LogP contribution is 2.28. The Bertz CT molecular complexity index is 596. The molecule has 1 aromatic carbocycles.